The van der Waals surface area contributed by atoms with Crippen molar-refractivity contribution in [2.45, 2.75) is 18.7 Å². The highest BCUT2D eigenvalue weighted by atomic mass is 32.2. The van der Waals surface area contributed by atoms with E-state index in [0.29, 0.717) is 28.6 Å². The van der Waals surface area contributed by atoms with Gasteiger partial charge in [-0.15, -0.1) is 0 Å². The molecule has 0 saturated carbocycles. The van der Waals surface area contributed by atoms with Gasteiger partial charge >= 0.3 is 0 Å². The molecule has 0 radical (unpaired) electrons. The van der Waals surface area contributed by atoms with Crippen LogP contribution in [0.2, 0.25) is 0 Å². The molecule has 2 aromatic rings. The van der Waals surface area contributed by atoms with Crippen LogP contribution in [0.15, 0.2) is 35.2 Å². The first kappa shape index (κ1) is 16.9. The van der Waals surface area contributed by atoms with E-state index in [4.69, 9.17) is 0 Å². The maximum absolute atomic E-state index is 12.7. The summed E-state index contributed by atoms with van der Waals surface area (Å²) in [6.07, 6.45) is 0. The SMILES string of the molecule is CC[NH+](CC)CCNS(=O)(=O)c1ccc2c3c(cccc13)C(=O)N2. The second-order valence-corrected chi connectivity index (χ2v) is 7.63. The Bertz CT molecular complexity index is 889. The molecule has 0 unspecified atom stereocenters. The lowest BCUT2D eigenvalue weighted by Crippen LogP contribution is -3.12. The Morgan fingerprint density at radius 3 is 2.58 bits per heavy atom. The summed E-state index contributed by atoms with van der Waals surface area (Å²) in [5, 5.41) is 4.02. The smallest absolute Gasteiger partial charge is 0.256 e. The molecule has 7 heteroatoms. The largest absolute Gasteiger partial charge is 0.334 e. The quantitative estimate of drug-likeness (QED) is 0.686. The van der Waals surface area contributed by atoms with Crippen LogP contribution in [0.4, 0.5) is 5.69 Å². The van der Waals surface area contributed by atoms with E-state index >= 15 is 0 Å². The molecule has 3 N–H and O–H groups in total. The van der Waals surface area contributed by atoms with Gasteiger partial charge in [0.15, 0.2) is 0 Å². The van der Waals surface area contributed by atoms with Crippen LogP contribution in [-0.2, 0) is 10.0 Å². The van der Waals surface area contributed by atoms with E-state index in [1.807, 2.05) is 0 Å². The number of hydrogen-bond donors (Lipinski definition) is 3. The summed E-state index contributed by atoms with van der Waals surface area (Å²) in [6.45, 7) is 7.23. The van der Waals surface area contributed by atoms with Crippen molar-refractivity contribution in [3.8, 4) is 0 Å². The normalized spacial score (nSPS) is 13.7. The molecule has 0 saturated heterocycles. The summed E-state index contributed by atoms with van der Waals surface area (Å²) in [6, 6.07) is 8.38. The fourth-order valence-corrected chi connectivity index (χ4v) is 4.37. The number of likely N-dealkylation sites (N-methyl/N-ethyl adjacent to an activating group) is 1. The third kappa shape index (κ3) is 2.90. The third-order valence-electron chi connectivity index (χ3n) is 4.55. The number of nitrogens with one attached hydrogen (secondary N) is 3. The van der Waals surface area contributed by atoms with Crippen molar-refractivity contribution in [1.82, 2.24) is 4.72 Å². The molecule has 128 valence electrons. The molecule has 0 atom stereocenters. The zero-order chi connectivity index (χ0) is 17.3. The topological polar surface area (TPSA) is 79.7 Å². The number of carbonyl (C=O) groups excluding carboxylic acids is 1. The lowest BCUT2D eigenvalue weighted by atomic mass is 10.1. The first-order chi connectivity index (χ1) is 11.5. The Labute approximate surface area is 141 Å². The number of carbonyl (C=O) groups is 1. The van der Waals surface area contributed by atoms with E-state index in [1.165, 1.54) is 4.90 Å². The Kier molecular flexibility index (Phi) is 4.58. The molecular weight excluding hydrogens is 326 g/mol. The first-order valence-corrected chi connectivity index (χ1v) is 9.66. The Morgan fingerprint density at radius 2 is 1.88 bits per heavy atom. The van der Waals surface area contributed by atoms with Gasteiger partial charge in [0.1, 0.15) is 0 Å². The fraction of sp³-hybridized carbons (Fsp3) is 0.353. The summed E-state index contributed by atoms with van der Waals surface area (Å²) < 4.78 is 28.1. The van der Waals surface area contributed by atoms with Gasteiger partial charge in [-0.05, 0) is 32.0 Å². The Balaban J connectivity index is 1.92. The van der Waals surface area contributed by atoms with Crippen LogP contribution in [0, 0.1) is 0 Å². The monoisotopic (exact) mass is 348 g/mol. The molecule has 0 fully saturated rings. The molecule has 0 spiro atoms. The minimum absolute atomic E-state index is 0.191. The second-order valence-electron chi connectivity index (χ2n) is 5.90. The van der Waals surface area contributed by atoms with Crippen LogP contribution >= 0.6 is 0 Å². The molecule has 3 rings (SSSR count). The number of anilines is 1. The van der Waals surface area contributed by atoms with Crippen LogP contribution in [0.5, 0.6) is 0 Å². The summed E-state index contributed by atoms with van der Waals surface area (Å²) in [5.41, 5.74) is 1.18. The lowest BCUT2D eigenvalue weighted by molar-refractivity contribution is -0.895. The maximum atomic E-state index is 12.7. The summed E-state index contributed by atoms with van der Waals surface area (Å²) >= 11 is 0. The van der Waals surface area contributed by atoms with Crippen molar-refractivity contribution in [1.29, 1.82) is 0 Å². The van der Waals surface area contributed by atoms with Crippen molar-refractivity contribution in [2.75, 3.05) is 31.5 Å². The van der Waals surface area contributed by atoms with Crippen molar-refractivity contribution < 1.29 is 18.1 Å². The van der Waals surface area contributed by atoms with Crippen LogP contribution in [0.25, 0.3) is 10.8 Å². The zero-order valence-corrected chi connectivity index (χ0v) is 14.7. The number of hydrogen-bond acceptors (Lipinski definition) is 3. The highest BCUT2D eigenvalue weighted by molar-refractivity contribution is 7.89. The average molecular weight is 348 g/mol. The van der Waals surface area contributed by atoms with Gasteiger partial charge < -0.3 is 10.2 Å². The molecule has 0 bridgehead atoms. The molecule has 2 aromatic carbocycles. The second kappa shape index (κ2) is 6.51. The predicted molar refractivity (Wildman–Crippen MR) is 94.0 cm³/mol. The van der Waals surface area contributed by atoms with E-state index in [2.05, 4.69) is 23.9 Å². The molecule has 24 heavy (non-hydrogen) atoms. The maximum Gasteiger partial charge on any atom is 0.256 e. The number of benzene rings is 2. The molecule has 6 nitrogen and oxygen atoms in total. The van der Waals surface area contributed by atoms with Gasteiger partial charge in [-0.1, -0.05) is 12.1 Å². The lowest BCUT2D eigenvalue weighted by Gasteiger charge is -2.16. The molecule has 1 aliphatic rings. The molecule has 1 aliphatic heterocycles. The molecule has 1 amide bonds. The Morgan fingerprint density at radius 1 is 1.12 bits per heavy atom. The van der Waals surface area contributed by atoms with Crippen molar-refractivity contribution in [3.63, 3.8) is 0 Å². The highest BCUT2D eigenvalue weighted by Gasteiger charge is 2.26. The molecule has 0 aromatic heterocycles. The summed E-state index contributed by atoms with van der Waals surface area (Å²) in [4.78, 5) is 13.5. The van der Waals surface area contributed by atoms with Gasteiger partial charge in [0.05, 0.1) is 31.1 Å². The highest BCUT2D eigenvalue weighted by Crippen LogP contribution is 2.36. The summed E-state index contributed by atoms with van der Waals surface area (Å²) in [5.74, 6) is -0.191. The predicted octanol–water partition coefficient (Wildman–Crippen LogP) is 0.609. The third-order valence-corrected chi connectivity index (χ3v) is 6.07. The van der Waals surface area contributed by atoms with Crippen molar-refractivity contribution in [3.05, 3.63) is 35.9 Å². The average Bonchev–Trinajstić information content (AvgIpc) is 2.90. The number of amides is 1. The van der Waals surface area contributed by atoms with Gasteiger partial charge in [0.2, 0.25) is 10.0 Å². The van der Waals surface area contributed by atoms with Crippen LogP contribution in [0.3, 0.4) is 0 Å². The minimum atomic E-state index is -3.62. The van der Waals surface area contributed by atoms with E-state index < -0.39 is 10.0 Å². The number of sulfonamides is 1. The number of rotatable bonds is 7. The van der Waals surface area contributed by atoms with E-state index in [1.54, 1.807) is 30.3 Å². The molecule has 1 heterocycles. The van der Waals surface area contributed by atoms with Crippen molar-refractivity contribution in [2.24, 2.45) is 0 Å². The summed E-state index contributed by atoms with van der Waals surface area (Å²) in [7, 11) is -3.62. The Hall–Kier alpha value is -1.96. The van der Waals surface area contributed by atoms with E-state index in [9.17, 15) is 13.2 Å². The van der Waals surface area contributed by atoms with Crippen LogP contribution in [0.1, 0.15) is 24.2 Å². The van der Waals surface area contributed by atoms with Gasteiger partial charge in [-0.3, -0.25) is 4.79 Å². The minimum Gasteiger partial charge on any atom is -0.334 e. The molecule has 0 aliphatic carbocycles. The van der Waals surface area contributed by atoms with Gasteiger partial charge in [-0.25, -0.2) is 13.1 Å². The van der Waals surface area contributed by atoms with Crippen molar-refractivity contribution >= 4 is 32.4 Å². The van der Waals surface area contributed by atoms with Crippen LogP contribution < -0.4 is 14.9 Å². The van der Waals surface area contributed by atoms with Gasteiger partial charge in [0.25, 0.3) is 5.91 Å². The van der Waals surface area contributed by atoms with Gasteiger partial charge in [-0.2, -0.15) is 0 Å². The first-order valence-electron chi connectivity index (χ1n) is 8.18. The molecular formula is C17H22N3O3S+. The zero-order valence-electron chi connectivity index (χ0n) is 13.8. The fourth-order valence-electron chi connectivity index (χ4n) is 3.14. The van der Waals surface area contributed by atoms with Crippen LogP contribution in [-0.4, -0.2) is 40.5 Å². The number of quaternary nitrogens is 1. The van der Waals surface area contributed by atoms with E-state index in [-0.39, 0.29) is 10.8 Å². The van der Waals surface area contributed by atoms with E-state index in [0.717, 1.165) is 19.6 Å². The standard InChI is InChI=1S/C17H21N3O3S/c1-3-20(4-2)11-10-18-24(22,23)15-9-8-14-16-12(15)6-5-7-13(16)17(21)19-14/h5-9,18H,3-4,10-11H2,1-2H3,(H,19,21)/p+1. The van der Waals surface area contributed by atoms with Gasteiger partial charge in [0, 0.05) is 22.0 Å².